The SMILES string of the molecule is O=C(O)[C@H]1CCCN(C(=O)OCc2ccccc2)N1C(=O)OCc1ccccc1. The fraction of sp³-hybridized carbons (Fsp3) is 0.286. The molecule has 0 aliphatic carbocycles. The Morgan fingerprint density at radius 2 is 1.38 bits per heavy atom. The Kier molecular flexibility index (Phi) is 6.67. The van der Waals surface area contributed by atoms with Gasteiger partial charge in [-0.25, -0.2) is 19.4 Å². The summed E-state index contributed by atoms with van der Waals surface area (Å²) < 4.78 is 10.5. The molecule has 8 nitrogen and oxygen atoms in total. The Balaban J connectivity index is 1.69. The average Bonchev–Trinajstić information content (AvgIpc) is 2.76. The summed E-state index contributed by atoms with van der Waals surface area (Å²) in [5.74, 6) is -1.21. The quantitative estimate of drug-likeness (QED) is 0.829. The van der Waals surface area contributed by atoms with Crippen LogP contribution in [-0.2, 0) is 27.5 Å². The van der Waals surface area contributed by atoms with Gasteiger partial charge in [-0.3, -0.25) is 0 Å². The van der Waals surface area contributed by atoms with Crippen molar-refractivity contribution in [3.63, 3.8) is 0 Å². The molecule has 2 amide bonds. The normalized spacial score (nSPS) is 16.2. The highest BCUT2D eigenvalue weighted by molar-refractivity contribution is 5.82. The number of carbonyl (C=O) groups is 3. The zero-order chi connectivity index (χ0) is 20.6. The number of hydrogen-bond donors (Lipinski definition) is 1. The second kappa shape index (κ2) is 9.59. The molecule has 1 aliphatic rings. The van der Waals surface area contributed by atoms with E-state index in [2.05, 4.69) is 0 Å². The molecule has 1 fully saturated rings. The molecule has 0 spiro atoms. The van der Waals surface area contributed by atoms with Crippen LogP contribution in [0.15, 0.2) is 60.7 Å². The van der Waals surface area contributed by atoms with E-state index in [1.165, 1.54) is 0 Å². The fourth-order valence-electron chi connectivity index (χ4n) is 3.05. The number of rotatable bonds is 5. The van der Waals surface area contributed by atoms with E-state index in [1.807, 2.05) is 24.3 Å². The molecule has 0 unspecified atom stereocenters. The van der Waals surface area contributed by atoms with Gasteiger partial charge in [-0.05, 0) is 24.0 Å². The summed E-state index contributed by atoms with van der Waals surface area (Å²) in [5, 5.41) is 11.4. The van der Waals surface area contributed by atoms with Crippen LogP contribution in [0.5, 0.6) is 0 Å². The lowest BCUT2D eigenvalue weighted by atomic mass is 10.1. The highest BCUT2D eigenvalue weighted by Crippen LogP contribution is 2.22. The minimum absolute atomic E-state index is 0.0147. The van der Waals surface area contributed by atoms with Crippen molar-refractivity contribution in [2.45, 2.75) is 32.1 Å². The van der Waals surface area contributed by atoms with Gasteiger partial charge in [0, 0.05) is 6.54 Å². The van der Waals surface area contributed by atoms with Gasteiger partial charge in [0.15, 0.2) is 6.04 Å². The number of carboxylic acids is 1. The van der Waals surface area contributed by atoms with Crippen LogP contribution in [0, 0.1) is 0 Å². The van der Waals surface area contributed by atoms with Crippen molar-refractivity contribution in [3.05, 3.63) is 71.8 Å². The maximum Gasteiger partial charge on any atom is 0.430 e. The molecule has 29 heavy (non-hydrogen) atoms. The molecule has 152 valence electrons. The van der Waals surface area contributed by atoms with E-state index >= 15 is 0 Å². The first-order valence-corrected chi connectivity index (χ1v) is 9.27. The van der Waals surface area contributed by atoms with Gasteiger partial charge in [-0.2, -0.15) is 5.01 Å². The largest absolute Gasteiger partial charge is 0.480 e. The Bertz CT molecular complexity index is 843. The third kappa shape index (κ3) is 5.25. The number of hydrogen-bond acceptors (Lipinski definition) is 5. The number of hydrazine groups is 1. The molecular weight excluding hydrogens is 376 g/mol. The average molecular weight is 398 g/mol. The highest BCUT2D eigenvalue weighted by atomic mass is 16.6. The van der Waals surface area contributed by atoms with Crippen LogP contribution in [-0.4, -0.2) is 45.9 Å². The second-order valence-electron chi connectivity index (χ2n) is 6.54. The van der Waals surface area contributed by atoms with Crippen molar-refractivity contribution in [2.24, 2.45) is 0 Å². The van der Waals surface area contributed by atoms with Gasteiger partial charge in [0.05, 0.1) is 0 Å². The number of ether oxygens (including phenoxy) is 2. The molecule has 2 aromatic carbocycles. The summed E-state index contributed by atoms with van der Waals surface area (Å²) in [6.07, 6.45) is -1.05. The number of carbonyl (C=O) groups excluding carboxylic acids is 2. The van der Waals surface area contributed by atoms with Gasteiger partial charge in [-0.15, -0.1) is 0 Å². The van der Waals surface area contributed by atoms with Crippen molar-refractivity contribution >= 4 is 18.2 Å². The van der Waals surface area contributed by atoms with Crippen molar-refractivity contribution in [1.29, 1.82) is 0 Å². The summed E-state index contributed by atoms with van der Waals surface area (Å²) in [5.41, 5.74) is 1.54. The van der Waals surface area contributed by atoms with Crippen molar-refractivity contribution < 1.29 is 29.0 Å². The number of amides is 2. The van der Waals surface area contributed by atoms with E-state index in [0.717, 1.165) is 21.1 Å². The first-order chi connectivity index (χ1) is 14.1. The van der Waals surface area contributed by atoms with Gasteiger partial charge in [0.2, 0.25) is 0 Å². The molecule has 1 aliphatic heterocycles. The van der Waals surface area contributed by atoms with Crippen molar-refractivity contribution in [3.8, 4) is 0 Å². The standard InChI is InChI=1S/C21H22N2O6/c24-19(25)18-12-7-13-22(20(26)28-14-16-8-3-1-4-9-16)23(18)21(27)29-15-17-10-5-2-6-11-17/h1-6,8-11,18H,7,12-15H2,(H,24,25)/t18-/m1/s1. The molecule has 1 saturated heterocycles. The molecule has 0 radical (unpaired) electrons. The highest BCUT2D eigenvalue weighted by Gasteiger charge is 2.41. The zero-order valence-corrected chi connectivity index (χ0v) is 15.8. The molecule has 0 aromatic heterocycles. The van der Waals surface area contributed by atoms with Gasteiger partial charge in [-0.1, -0.05) is 60.7 Å². The van der Waals surface area contributed by atoms with Crippen molar-refractivity contribution in [1.82, 2.24) is 10.0 Å². The fourth-order valence-corrected chi connectivity index (χ4v) is 3.05. The van der Waals surface area contributed by atoms with E-state index in [0.29, 0.717) is 6.42 Å². The van der Waals surface area contributed by atoms with Crippen molar-refractivity contribution in [2.75, 3.05) is 6.54 Å². The summed E-state index contributed by atoms with van der Waals surface area (Å²) >= 11 is 0. The van der Waals surface area contributed by atoms with E-state index in [4.69, 9.17) is 9.47 Å². The Morgan fingerprint density at radius 3 is 1.90 bits per heavy atom. The Labute approximate surface area is 168 Å². The second-order valence-corrected chi connectivity index (χ2v) is 6.54. The number of benzene rings is 2. The van der Waals surface area contributed by atoms with Gasteiger partial charge in [0.25, 0.3) is 0 Å². The summed E-state index contributed by atoms with van der Waals surface area (Å²) in [6, 6.07) is 16.9. The molecule has 1 atom stereocenters. The molecular formula is C21H22N2O6. The summed E-state index contributed by atoms with van der Waals surface area (Å²) in [4.78, 5) is 36.9. The van der Waals surface area contributed by atoms with Crippen LogP contribution in [0.2, 0.25) is 0 Å². The maximum atomic E-state index is 12.7. The Hall–Kier alpha value is -3.55. The number of carboxylic acid groups (broad SMARTS) is 1. The molecule has 0 saturated carbocycles. The minimum Gasteiger partial charge on any atom is -0.480 e. The van der Waals surface area contributed by atoms with Gasteiger partial charge >= 0.3 is 18.2 Å². The number of aliphatic carboxylic acids is 1. The molecule has 2 aromatic rings. The van der Waals surface area contributed by atoms with E-state index < -0.39 is 24.2 Å². The smallest absolute Gasteiger partial charge is 0.430 e. The Morgan fingerprint density at radius 1 is 0.862 bits per heavy atom. The molecule has 8 heteroatoms. The van der Waals surface area contributed by atoms with Crippen LogP contribution in [0.4, 0.5) is 9.59 Å². The molecule has 1 heterocycles. The maximum absolute atomic E-state index is 12.7. The first kappa shape index (κ1) is 20.2. The zero-order valence-electron chi connectivity index (χ0n) is 15.8. The summed E-state index contributed by atoms with van der Waals surface area (Å²) in [6.45, 7) is 0.147. The third-order valence-electron chi connectivity index (χ3n) is 4.50. The van der Waals surface area contributed by atoms with Crippen LogP contribution < -0.4 is 0 Å². The topological polar surface area (TPSA) is 96.4 Å². The van der Waals surface area contributed by atoms with E-state index in [1.54, 1.807) is 36.4 Å². The monoisotopic (exact) mass is 398 g/mol. The van der Waals surface area contributed by atoms with Crippen LogP contribution in [0.1, 0.15) is 24.0 Å². The molecule has 3 rings (SSSR count). The van der Waals surface area contributed by atoms with Crippen LogP contribution >= 0.6 is 0 Å². The lowest BCUT2D eigenvalue weighted by Crippen LogP contribution is -2.60. The van der Waals surface area contributed by atoms with E-state index in [-0.39, 0.29) is 26.2 Å². The minimum atomic E-state index is -1.21. The predicted octanol–water partition coefficient (Wildman–Crippen LogP) is 3.43. The molecule has 1 N–H and O–H groups in total. The van der Waals surface area contributed by atoms with Gasteiger partial charge in [0.1, 0.15) is 13.2 Å². The third-order valence-corrected chi connectivity index (χ3v) is 4.50. The first-order valence-electron chi connectivity index (χ1n) is 9.27. The summed E-state index contributed by atoms with van der Waals surface area (Å²) in [7, 11) is 0. The number of nitrogens with zero attached hydrogens (tertiary/aromatic N) is 2. The van der Waals surface area contributed by atoms with Crippen LogP contribution in [0.3, 0.4) is 0 Å². The lowest BCUT2D eigenvalue weighted by molar-refractivity contribution is -0.153. The predicted molar refractivity (Wildman–Crippen MR) is 102 cm³/mol. The van der Waals surface area contributed by atoms with Gasteiger partial charge < -0.3 is 14.6 Å². The molecule has 0 bridgehead atoms. The van der Waals surface area contributed by atoms with E-state index in [9.17, 15) is 19.5 Å². The lowest BCUT2D eigenvalue weighted by Gasteiger charge is -2.40. The van der Waals surface area contributed by atoms with Crippen LogP contribution in [0.25, 0.3) is 0 Å².